The highest BCUT2D eigenvalue weighted by Crippen LogP contribution is 2.20. The molecule has 0 radical (unpaired) electrons. The molecule has 0 aliphatic heterocycles. The number of sulfonamides is 1. The number of hydrogen-bond donors (Lipinski definition) is 2. The normalized spacial score (nSPS) is 11.7. The molecule has 0 saturated heterocycles. The van der Waals surface area contributed by atoms with Gasteiger partial charge in [-0.05, 0) is 36.3 Å². The van der Waals surface area contributed by atoms with Crippen LogP contribution in [0, 0.1) is 6.92 Å². The van der Waals surface area contributed by atoms with Crippen LogP contribution in [0.3, 0.4) is 0 Å². The molecule has 2 N–H and O–H groups in total. The molecular weight excluding hydrogens is 407 g/mol. The van der Waals surface area contributed by atoms with E-state index in [1.807, 2.05) is 31.2 Å². The summed E-state index contributed by atoms with van der Waals surface area (Å²) in [4.78, 5) is 11.9. The average molecular weight is 427 g/mol. The summed E-state index contributed by atoms with van der Waals surface area (Å²) in [5.41, 5.74) is 2.61. The van der Waals surface area contributed by atoms with Gasteiger partial charge in [0.2, 0.25) is 15.9 Å². The molecule has 0 aliphatic carbocycles. The lowest BCUT2D eigenvalue weighted by Gasteiger charge is -2.08. The van der Waals surface area contributed by atoms with Crippen LogP contribution in [0.5, 0.6) is 0 Å². The maximum absolute atomic E-state index is 11.9. The van der Waals surface area contributed by atoms with E-state index in [0.29, 0.717) is 10.0 Å². The second kappa shape index (κ2) is 9.90. The van der Waals surface area contributed by atoms with Crippen LogP contribution in [0.1, 0.15) is 23.1 Å². The summed E-state index contributed by atoms with van der Waals surface area (Å²) in [5, 5.41) is 4.76. The van der Waals surface area contributed by atoms with Gasteiger partial charge in [0.15, 0.2) is 0 Å². The molecule has 0 saturated carbocycles. The Kier molecular flexibility index (Phi) is 7.86. The molecule has 0 atom stereocenters. The summed E-state index contributed by atoms with van der Waals surface area (Å²) in [7, 11) is -3.61. The Bertz CT molecular complexity index is 926. The number of aryl methyl sites for hydroxylation is 1. The number of benzene rings is 2. The molecular formula is C19H20Cl2N2O3S. The van der Waals surface area contributed by atoms with E-state index >= 15 is 0 Å². The Labute approximate surface area is 169 Å². The topological polar surface area (TPSA) is 75.3 Å². The van der Waals surface area contributed by atoms with Crippen molar-refractivity contribution in [3.8, 4) is 0 Å². The van der Waals surface area contributed by atoms with Crippen LogP contribution in [-0.2, 0) is 21.4 Å². The number of halogens is 2. The minimum atomic E-state index is -3.61. The number of carbonyl (C=O) groups is 1. The summed E-state index contributed by atoms with van der Waals surface area (Å²) < 4.78 is 26.3. The maximum atomic E-state index is 11.9. The minimum Gasteiger partial charge on any atom is -0.352 e. The summed E-state index contributed by atoms with van der Waals surface area (Å²) in [6, 6.07) is 12.5. The Morgan fingerprint density at radius 3 is 2.48 bits per heavy atom. The van der Waals surface area contributed by atoms with Crippen molar-refractivity contribution < 1.29 is 13.2 Å². The molecule has 2 aromatic rings. The van der Waals surface area contributed by atoms with Gasteiger partial charge in [0.25, 0.3) is 0 Å². The van der Waals surface area contributed by atoms with Gasteiger partial charge in [-0.25, -0.2) is 13.1 Å². The first kappa shape index (κ1) is 21.4. The van der Waals surface area contributed by atoms with Crippen LogP contribution in [0.15, 0.2) is 47.9 Å². The van der Waals surface area contributed by atoms with Gasteiger partial charge in [0, 0.05) is 35.0 Å². The van der Waals surface area contributed by atoms with Gasteiger partial charge in [0.05, 0.1) is 0 Å². The third-order valence-electron chi connectivity index (χ3n) is 3.66. The molecule has 5 nitrogen and oxygen atoms in total. The van der Waals surface area contributed by atoms with Gasteiger partial charge in [-0.2, -0.15) is 0 Å². The Morgan fingerprint density at radius 1 is 1.11 bits per heavy atom. The summed E-state index contributed by atoms with van der Waals surface area (Å²) >= 11 is 11.9. The van der Waals surface area contributed by atoms with Crippen LogP contribution in [0.4, 0.5) is 0 Å². The van der Waals surface area contributed by atoms with E-state index in [-0.39, 0.29) is 25.4 Å². The van der Waals surface area contributed by atoms with Gasteiger partial charge in [-0.15, -0.1) is 0 Å². The maximum Gasteiger partial charge on any atom is 0.233 e. The third-order valence-corrected chi connectivity index (χ3v) is 5.35. The van der Waals surface area contributed by atoms with Crippen molar-refractivity contribution in [1.82, 2.24) is 10.0 Å². The minimum absolute atomic E-state index is 0.000748. The smallest absolute Gasteiger partial charge is 0.233 e. The lowest BCUT2D eigenvalue weighted by atomic mass is 10.2. The molecule has 0 spiro atoms. The van der Waals surface area contributed by atoms with Crippen LogP contribution in [0.25, 0.3) is 6.08 Å². The highest BCUT2D eigenvalue weighted by atomic mass is 35.5. The lowest BCUT2D eigenvalue weighted by molar-refractivity contribution is -0.121. The van der Waals surface area contributed by atoms with E-state index in [4.69, 9.17) is 23.2 Å². The third kappa shape index (κ3) is 7.72. The van der Waals surface area contributed by atoms with Gasteiger partial charge >= 0.3 is 0 Å². The van der Waals surface area contributed by atoms with Crippen molar-refractivity contribution in [1.29, 1.82) is 0 Å². The molecule has 0 bridgehead atoms. The Morgan fingerprint density at radius 2 is 1.81 bits per heavy atom. The largest absolute Gasteiger partial charge is 0.352 e. The van der Waals surface area contributed by atoms with Crippen molar-refractivity contribution in [3.05, 3.63) is 74.6 Å². The zero-order valence-corrected chi connectivity index (χ0v) is 17.0. The molecule has 144 valence electrons. The van der Waals surface area contributed by atoms with Crippen molar-refractivity contribution in [2.24, 2.45) is 0 Å². The summed E-state index contributed by atoms with van der Waals surface area (Å²) in [6.45, 7) is 2.20. The van der Waals surface area contributed by atoms with E-state index in [2.05, 4.69) is 10.0 Å². The molecule has 0 aromatic heterocycles. The second-order valence-electron chi connectivity index (χ2n) is 5.92. The lowest BCUT2D eigenvalue weighted by Crippen LogP contribution is -2.29. The van der Waals surface area contributed by atoms with Crippen molar-refractivity contribution >= 4 is 45.2 Å². The van der Waals surface area contributed by atoms with Crippen molar-refractivity contribution in [2.75, 3.05) is 6.54 Å². The zero-order valence-electron chi connectivity index (χ0n) is 14.7. The fourth-order valence-corrected chi connectivity index (χ4v) is 3.44. The molecule has 8 heteroatoms. The van der Waals surface area contributed by atoms with Gasteiger partial charge in [-0.1, -0.05) is 59.1 Å². The summed E-state index contributed by atoms with van der Waals surface area (Å²) in [5.74, 6) is -0.286. The highest BCUT2D eigenvalue weighted by Gasteiger charge is 2.08. The zero-order chi connectivity index (χ0) is 19.9. The van der Waals surface area contributed by atoms with E-state index < -0.39 is 10.0 Å². The van der Waals surface area contributed by atoms with Gasteiger partial charge < -0.3 is 5.32 Å². The molecule has 2 aromatic carbocycles. The molecule has 2 rings (SSSR count). The van der Waals surface area contributed by atoms with Crippen LogP contribution < -0.4 is 10.0 Å². The highest BCUT2D eigenvalue weighted by molar-refractivity contribution is 7.92. The van der Waals surface area contributed by atoms with Crippen LogP contribution in [0.2, 0.25) is 10.0 Å². The van der Waals surface area contributed by atoms with Crippen molar-refractivity contribution in [2.45, 2.75) is 19.9 Å². The van der Waals surface area contributed by atoms with E-state index in [9.17, 15) is 13.2 Å². The average Bonchev–Trinajstić information content (AvgIpc) is 2.60. The SMILES string of the molecule is Cc1ccc(/C=C/S(=O)(=O)NCCC(=O)NCc2ccc(Cl)cc2Cl)cc1. The number of amides is 1. The molecule has 0 unspecified atom stereocenters. The van der Waals surface area contributed by atoms with Crippen LogP contribution in [-0.4, -0.2) is 20.9 Å². The number of carbonyl (C=O) groups excluding carboxylic acids is 1. The predicted octanol–water partition coefficient (Wildman–Crippen LogP) is 3.90. The molecule has 27 heavy (non-hydrogen) atoms. The molecule has 0 fully saturated rings. The van der Waals surface area contributed by atoms with E-state index in [1.165, 1.54) is 6.08 Å². The monoisotopic (exact) mass is 426 g/mol. The summed E-state index contributed by atoms with van der Waals surface area (Å²) in [6.07, 6.45) is 1.52. The first-order valence-electron chi connectivity index (χ1n) is 8.20. The fraction of sp³-hybridized carbons (Fsp3) is 0.211. The van der Waals surface area contributed by atoms with Crippen molar-refractivity contribution in [3.63, 3.8) is 0 Å². The Balaban J connectivity index is 1.77. The number of hydrogen-bond acceptors (Lipinski definition) is 3. The first-order chi connectivity index (χ1) is 12.7. The van der Waals surface area contributed by atoms with E-state index in [0.717, 1.165) is 22.1 Å². The number of rotatable bonds is 8. The molecule has 0 heterocycles. The first-order valence-corrected chi connectivity index (χ1v) is 10.5. The Hall–Kier alpha value is -1.86. The fourth-order valence-electron chi connectivity index (χ4n) is 2.15. The number of nitrogens with one attached hydrogen (secondary N) is 2. The predicted molar refractivity (Wildman–Crippen MR) is 110 cm³/mol. The second-order valence-corrected chi connectivity index (χ2v) is 8.41. The van der Waals surface area contributed by atoms with Crippen LogP contribution >= 0.6 is 23.2 Å². The quantitative estimate of drug-likeness (QED) is 0.671. The standard InChI is InChI=1S/C19H20Cl2N2O3S/c1-14-2-4-15(5-3-14)9-11-27(25,26)23-10-8-19(24)22-13-16-6-7-17(20)12-18(16)21/h2-7,9,11-12,23H,8,10,13H2,1H3,(H,22,24)/b11-9+. The molecule has 1 amide bonds. The molecule has 0 aliphatic rings. The van der Waals surface area contributed by atoms with Gasteiger partial charge in [0.1, 0.15) is 0 Å². The van der Waals surface area contributed by atoms with E-state index in [1.54, 1.807) is 18.2 Å². The van der Waals surface area contributed by atoms with Gasteiger partial charge in [-0.3, -0.25) is 4.79 Å².